The van der Waals surface area contributed by atoms with Crippen LogP contribution in [0.4, 0.5) is 17.1 Å². The summed E-state index contributed by atoms with van der Waals surface area (Å²) in [6.07, 6.45) is 0. The van der Waals surface area contributed by atoms with E-state index in [2.05, 4.69) is 23.1 Å². The van der Waals surface area contributed by atoms with Crippen molar-refractivity contribution in [3.8, 4) is 0 Å². The van der Waals surface area contributed by atoms with Crippen LogP contribution in [0.2, 0.25) is 0 Å². The molecule has 2 aromatic rings. The number of anilines is 3. The van der Waals surface area contributed by atoms with E-state index in [-0.39, 0.29) is 12.5 Å². The van der Waals surface area contributed by atoms with Crippen LogP contribution in [0.3, 0.4) is 0 Å². The number of ether oxygens (including phenoxy) is 1. The number of rotatable bonds is 4. The SMILES string of the molecule is CCOC(=O)CN1CN(c2ccccc2)c2ccccc21. The molecule has 3 rings (SSSR count). The van der Waals surface area contributed by atoms with Gasteiger partial charge in [0.15, 0.2) is 0 Å². The molecule has 108 valence electrons. The van der Waals surface area contributed by atoms with Crippen molar-refractivity contribution in [1.82, 2.24) is 0 Å². The average molecular weight is 282 g/mol. The van der Waals surface area contributed by atoms with Gasteiger partial charge < -0.3 is 14.5 Å². The van der Waals surface area contributed by atoms with Crippen molar-refractivity contribution in [3.05, 3.63) is 54.6 Å². The zero-order valence-corrected chi connectivity index (χ0v) is 12.0. The molecule has 0 saturated carbocycles. The second-order valence-corrected chi connectivity index (χ2v) is 4.90. The first-order valence-corrected chi connectivity index (χ1v) is 7.12. The first kappa shape index (κ1) is 13.5. The van der Waals surface area contributed by atoms with E-state index < -0.39 is 0 Å². The highest BCUT2D eigenvalue weighted by atomic mass is 16.5. The first-order chi connectivity index (χ1) is 10.3. The predicted octanol–water partition coefficient (Wildman–Crippen LogP) is 3.17. The summed E-state index contributed by atoms with van der Waals surface area (Å²) in [7, 11) is 0. The molecule has 0 N–H and O–H groups in total. The third-order valence-electron chi connectivity index (χ3n) is 3.52. The Balaban J connectivity index is 1.88. The van der Waals surface area contributed by atoms with E-state index in [9.17, 15) is 4.79 Å². The highest BCUT2D eigenvalue weighted by molar-refractivity contribution is 5.86. The normalized spacial score (nSPS) is 13.2. The molecule has 4 nitrogen and oxygen atoms in total. The number of hydrogen-bond acceptors (Lipinski definition) is 4. The lowest BCUT2D eigenvalue weighted by Gasteiger charge is -2.21. The Morgan fingerprint density at radius 2 is 1.71 bits per heavy atom. The first-order valence-electron chi connectivity index (χ1n) is 7.12. The lowest BCUT2D eigenvalue weighted by molar-refractivity contribution is -0.141. The molecule has 0 aliphatic carbocycles. The number of nitrogens with zero attached hydrogens (tertiary/aromatic N) is 2. The molecule has 0 saturated heterocycles. The molecule has 1 aliphatic heterocycles. The van der Waals surface area contributed by atoms with Crippen molar-refractivity contribution in [3.63, 3.8) is 0 Å². The Kier molecular flexibility index (Phi) is 3.77. The minimum absolute atomic E-state index is 0.192. The zero-order chi connectivity index (χ0) is 14.7. The number of carbonyl (C=O) groups is 1. The number of fused-ring (bicyclic) bond motifs is 1. The molecule has 0 bridgehead atoms. The van der Waals surface area contributed by atoms with Crippen molar-refractivity contribution < 1.29 is 9.53 Å². The molecule has 0 fully saturated rings. The van der Waals surface area contributed by atoms with E-state index in [1.54, 1.807) is 0 Å². The van der Waals surface area contributed by atoms with Crippen LogP contribution in [0.1, 0.15) is 6.92 Å². The number of benzene rings is 2. The maximum atomic E-state index is 11.8. The number of esters is 1. The van der Waals surface area contributed by atoms with Crippen LogP contribution in [0.25, 0.3) is 0 Å². The predicted molar refractivity (Wildman–Crippen MR) is 83.9 cm³/mol. The second-order valence-electron chi connectivity index (χ2n) is 4.90. The van der Waals surface area contributed by atoms with Gasteiger partial charge in [-0.25, -0.2) is 0 Å². The largest absolute Gasteiger partial charge is 0.465 e. The fourth-order valence-corrected chi connectivity index (χ4v) is 2.61. The summed E-state index contributed by atoms with van der Waals surface area (Å²) in [4.78, 5) is 16.0. The summed E-state index contributed by atoms with van der Waals surface area (Å²) in [6, 6.07) is 18.3. The van der Waals surface area contributed by atoms with Gasteiger partial charge in [-0.1, -0.05) is 30.3 Å². The van der Waals surface area contributed by atoms with E-state index in [4.69, 9.17) is 4.74 Å². The van der Waals surface area contributed by atoms with E-state index in [0.717, 1.165) is 17.1 Å². The smallest absolute Gasteiger partial charge is 0.325 e. The van der Waals surface area contributed by atoms with E-state index >= 15 is 0 Å². The van der Waals surface area contributed by atoms with Gasteiger partial charge in [-0.2, -0.15) is 0 Å². The van der Waals surface area contributed by atoms with E-state index in [0.29, 0.717) is 13.3 Å². The van der Waals surface area contributed by atoms with Gasteiger partial charge in [0, 0.05) is 5.69 Å². The molecular weight excluding hydrogens is 264 g/mol. The van der Waals surface area contributed by atoms with Crippen molar-refractivity contribution in [2.24, 2.45) is 0 Å². The number of para-hydroxylation sites is 3. The van der Waals surface area contributed by atoms with Crippen LogP contribution in [0.5, 0.6) is 0 Å². The van der Waals surface area contributed by atoms with Gasteiger partial charge in [0.05, 0.1) is 24.7 Å². The zero-order valence-electron chi connectivity index (χ0n) is 12.0. The van der Waals surface area contributed by atoms with Crippen molar-refractivity contribution in [2.75, 3.05) is 29.6 Å². The van der Waals surface area contributed by atoms with Gasteiger partial charge in [0.2, 0.25) is 0 Å². The van der Waals surface area contributed by atoms with Gasteiger partial charge in [-0.3, -0.25) is 4.79 Å². The van der Waals surface area contributed by atoms with Crippen LogP contribution in [-0.4, -0.2) is 25.8 Å². The molecule has 21 heavy (non-hydrogen) atoms. The molecule has 0 atom stereocenters. The van der Waals surface area contributed by atoms with Crippen molar-refractivity contribution >= 4 is 23.0 Å². The molecule has 1 heterocycles. The van der Waals surface area contributed by atoms with Crippen LogP contribution in [-0.2, 0) is 9.53 Å². The minimum Gasteiger partial charge on any atom is -0.465 e. The average Bonchev–Trinajstić information content (AvgIpc) is 2.87. The van der Waals surface area contributed by atoms with Gasteiger partial charge in [0.1, 0.15) is 6.54 Å². The van der Waals surface area contributed by atoms with E-state index in [1.807, 2.05) is 48.2 Å². The van der Waals surface area contributed by atoms with Gasteiger partial charge >= 0.3 is 5.97 Å². The van der Waals surface area contributed by atoms with Crippen LogP contribution >= 0.6 is 0 Å². The Labute approximate surface area is 124 Å². The quantitative estimate of drug-likeness (QED) is 0.806. The lowest BCUT2D eigenvalue weighted by atomic mass is 10.2. The fraction of sp³-hybridized carbons (Fsp3) is 0.235. The summed E-state index contributed by atoms with van der Waals surface area (Å²) >= 11 is 0. The van der Waals surface area contributed by atoms with Crippen LogP contribution < -0.4 is 9.80 Å². The Morgan fingerprint density at radius 1 is 1.05 bits per heavy atom. The monoisotopic (exact) mass is 282 g/mol. The van der Waals surface area contributed by atoms with Crippen molar-refractivity contribution in [1.29, 1.82) is 0 Å². The van der Waals surface area contributed by atoms with E-state index in [1.165, 1.54) is 0 Å². The molecule has 0 amide bonds. The number of carbonyl (C=O) groups excluding carboxylic acids is 1. The molecular formula is C17H18N2O2. The molecule has 1 aliphatic rings. The Bertz CT molecular complexity index is 628. The fourth-order valence-electron chi connectivity index (χ4n) is 2.61. The second kappa shape index (κ2) is 5.87. The topological polar surface area (TPSA) is 32.8 Å². The molecule has 0 spiro atoms. The summed E-state index contributed by atoms with van der Waals surface area (Å²) in [5.74, 6) is -0.192. The third-order valence-corrected chi connectivity index (χ3v) is 3.52. The molecule has 2 aromatic carbocycles. The summed E-state index contributed by atoms with van der Waals surface area (Å²) in [5, 5.41) is 0. The summed E-state index contributed by atoms with van der Waals surface area (Å²) < 4.78 is 5.06. The highest BCUT2D eigenvalue weighted by Crippen LogP contribution is 2.39. The molecule has 0 radical (unpaired) electrons. The van der Waals surface area contributed by atoms with Gasteiger partial charge in [0.25, 0.3) is 0 Å². The van der Waals surface area contributed by atoms with Gasteiger partial charge in [-0.15, -0.1) is 0 Å². The number of hydrogen-bond donors (Lipinski definition) is 0. The molecule has 0 aromatic heterocycles. The summed E-state index contributed by atoms with van der Waals surface area (Å²) in [6.45, 7) is 3.17. The Hall–Kier alpha value is -2.49. The molecule has 4 heteroatoms. The maximum Gasteiger partial charge on any atom is 0.325 e. The third kappa shape index (κ3) is 2.70. The standard InChI is InChI=1S/C17H18N2O2/c1-2-21-17(20)12-18-13-19(14-8-4-3-5-9-14)16-11-7-6-10-15(16)18/h3-11H,2,12-13H2,1H3. The summed E-state index contributed by atoms with van der Waals surface area (Å²) in [5.41, 5.74) is 3.30. The van der Waals surface area contributed by atoms with Crippen LogP contribution in [0, 0.1) is 0 Å². The molecule has 0 unspecified atom stereocenters. The van der Waals surface area contributed by atoms with Crippen LogP contribution in [0.15, 0.2) is 54.6 Å². The van der Waals surface area contributed by atoms with Gasteiger partial charge in [-0.05, 0) is 31.2 Å². The lowest BCUT2D eigenvalue weighted by Crippen LogP contribution is -2.33. The van der Waals surface area contributed by atoms with Crippen molar-refractivity contribution in [2.45, 2.75) is 6.92 Å². The maximum absolute atomic E-state index is 11.8. The highest BCUT2D eigenvalue weighted by Gasteiger charge is 2.27. The Morgan fingerprint density at radius 3 is 2.43 bits per heavy atom. The minimum atomic E-state index is -0.192.